The lowest BCUT2D eigenvalue weighted by Crippen LogP contribution is -2.45. The highest BCUT2D eigenvalue weighted by Crippen LogP contribution is 2.06. The van der Waals surface area contributed by atoms with Crippen molar-refractivity contribution in [3.05, 3.63) is 0 Å². The third-order valence-electron chi connectivity index (χ3n) is 2.69. The summed E-state index contributed by atoms with van der Waals surface area (Å²) < 4.78 is 22.4. The lowest BCUT2D eigenvalue weighted by molar-refractivity contribution is -0.130. The Kier molecular flexibility index (Phi) is 4.55. The highest BCUT2D eigenvalue weighted by atomic mass is 32.2. The first-order valence-electron chi connectivity index (χ1n) is 5.93. The molecule has 1 aliphatic heterocycles. The maximum atomic E-state index is 11.8. The van der Waals surface area contributed by atoms with E-state index in [2.05, 4.69) is 5.32 Å². The molecule has 0 unspecified atom stereocenters. The molecular weight excluding hydrogens is 240 g/mol. The number of sulfone groups is 1. The Labute approximate surface area is 103 Å². The third-order valence-corrected chi connectivity index (χ3v) is 4.30. The van der Waals surface area contributed by atoms with Gasteiger partial charge in [0.25, 0.3) is 0 Å². The second-order valence-electron chi connectivity index (χ2n) is 5.46. The summed E-state index contributed by atoms with van der Waals surface area (Å²) in [6.45, 7) is 7.46. The predicted molar refractivity (Wildman–Crippen MR) is 67.6 cm³/mol. The van der Waals surface area contributed by atoms with E-state index in [0.29, 0.717) is 26.1 Å². The van der Waals surface area contributed by atoms with Crippen molar-refractivity contribution < 1.29 is 13.2 Å². The average Bonchev–Trinajstić information content (AvgIpc) is 2.15. The van der Waals surface area contributed by atoms with Crippen molar-refractivity contribution in [1.82, 2.24) is 10.2 Å². The minimum atomic E-state index is -2.90. The van der Waals surface area contributed by atoms with Crippen molar-refractivity contribution in [2.24, 2.45) is 0 Å². The maximum Gasteiger partial charge on any atom is 0.223 e. The van der Waals surface area contributed by atoms with Gasteiger partial charge in [-0.25, -0.2) is 8.42 Å². The number of nitrogens with zero attached hydrogens (tertiary/aromatic N) is 1. The van der Waals surface area contributed by atoms with E-state index in [9.17, 15) is 13.2 Å². The van der Waals surface area contributed by atoms with Gasteiger partial charge in [0.15, 0.2) is 9.84 Å². The monoisotopic (exact) mass is 262 g/mol. The van der Waals surface area contributed by atoms with Crippen LogP contribution < -0.4 is 5.32 Å². The molecule has 0 radical (unpaired) electrons. The van der Waals surface area contributed by atoms with E-state index in [1.54, 1.807) is 4.90 Å². The molecular formula is C11H22N2O3S. The van der Waals surface area contributed by atoms with E-state index in [4.69, 9.17) is 0 Å². The fourth-order valence-corrected chi connectivity index (χ4v) is 2.87. The van der Waals surface area contributed by atoms with Gasteiger partial charge in [-0.05, 0) is 20.8 Å². The van der Waals surface area contributed by atoms with Gasteiger partial charge in [0, 0.05) is 31.6 Å². The predicted octanol–water partition coefficient (Wildman–Crippen LogP) is 0.0216. The van der Waals surface area contributed by atoms with Gasteiger partial charge >= 0.3 is 0 Å². The summed E-state index contributed by atoms with van der Waals surface area (Å²) in [4.78, 5) is 13.4. The van der Waals surface area contributed by atoms with E-state index in [-0.39, 0.29) is 23.0 Å². The molecule has 0 aromatic heterocycles. The first kappa shape index (κ1) is 14.4. The maximum absolute atomic E-state index is 11.8. The van der Waals surface area contributed by atoms with Crippen molar-refractivity contribution in [3.8, 4) is 0 Å². The van der Waals surface area contributed by atoms with Crippen molar-refractivity contribution >= 4 is 15.7 Å². The molecule has 0 aromatic carbocycles. The fourth-order valence-electron chi connectivity index (χ4n) is 1.66. The summed E-state index contributed by atoms with van der Waals surface area (Å²) in [5.41, 5.74) is 0.00547. The number of hydrogen-bond acceptors (Lipinski definition) is 4. The molecule has 0 atom stereocenters. The zero-order valence-corrected chi connectivity index (χ0v) is 11.6. The molecule has 1 heterocycles. The number of nitrogens with one attached hydrogen (secondary N) is 1. The number of carbonyl (C=O) groups excluding carboxylic acids is 1. The smallest absolute Gasteiger partial charge is 0.223 e. The standard InChI is InChI=1S/C11H22N2O3S/c1-11(2,3)12-5-4-10(14)13-6-8-17(15,16)9-7-13/h12H,4-9H2,1-3H3. The van der Waals surface area contributed by atoms with Crippen LogP contribution in [0.4, 0.5) is 0 Å². The minimum absolute atomic E-state index is 0.00547. The average molecular weight is 262 g/mol. The Morgan fingerprint density at radius 1 is 1.24 bits per heavy atom. The Balaban J connectivity index is 2.30. The second-order valence-corrected chi connectivity index (χ2v) is 7.76. The van der Waals surface area contributed by atoms with E-state index < -0.39 is 9.84 Å². The summed E-state index contributed by atoms with van der Waals surface area (Å²) in [5.74, 6) is 0.244. The van der Waals surface area contributed by atoms with Crippen LogP contribution >= 0.6 is 0 Å². The number of amides is 1. The fraction of sp³-hybridized carbons (Fsp3) is 0.909. The van der Waals surface area contributed by atoms with Gasteiger partial charge in [-0.1, -0.05) is 0 Å². The zero-order valence-electron chi connectivity index (χ0n) is 10.8. The molecule has 0 saturated carbocycles. The Morgan fingerprint density at radius 3 is 2.24 bits per heavy atom. The van der Waals surface area contributed by atoms with Crippen LogP contribution in [0.15, 0.2) is 0 Å². The molecule has 17 heavy (non-hydrogen) atoms. The van der Waals surface area contributed by atoms with E-state index in [0.717, 1.165) is 0 Å². The third kappa shape index (κ3) is 5.50. The van der Waals surface area contributed by atoms with Gasteiger partial charge in [-0.2, -0.15) is 0 Å². The molecule has 1 amide bonds. The molecule has 1 saturated heterocycles. The topological polar surface area (TPSA) is 66.5 Å². The number of hydrogen-bond donors (Lipinski definition) is 1. The van der Waals surface area contributed by atoms with E-state index in [1.165, 1.54) is 0 Å². The Hall–Kier alpha value is -0.620. The summed E-state index contributed by atoms with van der Waals surface area (Å²) in [7, 11) is -2.90. The normalized spacial score (nSPS) is 20.3. The summed E-state index contributed by atoms with van der Waals surface area (Å²) in [6.07, 6.45) is 0.428. The van der Waals surface area contributed by atoms with Gasteiger partial charge in [-0.3, -0.25) is 4.79 Å². The molecule has 0 aliphatic carbocycles. The van der Waals surface area contributed by atoms with E-state index in [1.807, 2.05) is 20.8 Å². The molecule has 1 rings (SSSR count). The van der Waals surface area contributed by atoms with Crippen LogP contribution in [0, 0.1) is 0 Å². The lowest BCUT2D eigenvalue weighted by atomic mass is 10.1. The Morgan fingerprint density at radius 2 is 1.76 bits per heavy atom. The van der Waals surface area contributed by atoms with Crippen molar-refractivity contribution in [2.75, 3.05) is 31.1 Å². The largest absolute Gasteiger partial charge is 0.341 e. The highest BCUT2D eigenvalue weighted by Gasteiger charge is 2.24. The summed E-state index contributed by atoms with van der Waals surface area (Å²) in [6, 6.07) is 0. The van der Waals surface area contributed by atoms with Crippen molar-refractivity contribution in [3.63, 3.8) is 0 Å². The molecule has 1 aliphatic rings. The molecule has 6 heteroatoms. The summed E-state index contributed by atoms with van der Waals surface area (Å²) >= 11 is 0. The Bertz CT molecular complexity index is 357. The molecule has 100 valence electrons. The van der Waals surface area contributed by atoms with Crippen LogP contribution in [0.3, 0.4) is 0 Å². The van der Waals surface area contributed by atoms with Crippen LogP contribution in [0.1, 0.15) is 27.2 Å². The molecule has 1 N–H and O–H groups in total. The molecule has 0 aromatic rings. The summed E-state index contributed by atoms with van der Waals surface area (Å²) in [5, 5.41) is 3.24. The highest BCUT2D eigenvalue weighted by molar-refractivity contribution is 7.91. The van der Waals surface area contributed by atoms with Crippen LogP contribution in [-0.2, 0) is 14.6 Å². The van der Waals surface area contributed by atoms with Gasteiger partial charge in [0.05, 0.1) is 11.5 Å². The minimum Gasteiger partial charge on any atom is -0.341 e. The lowest BCUT2D eigenvalue weighted by Gasteiger charge is -2.27. The SMILES string of the molecule is CC(C)(C)NCCC(=O)N1CCS(=O)(=O)CC1. The van der Waals surface area contributed by atoms with Crippen LogP contribution in [-0.4, -0.2) is 55.9 Å². The molecule has 1 fully saturated rings. The van der Waals surface area contributed by atoms with Crippen LogP contribution in [0.5, 0.6) is 0 Å². The van der Waals surface area contributed by atoms with Gasteiger partial charge < -0.3 is 10.2 Å². The van der Waals surface area contributed by atoms with Gasteiger partial charge in [0.2, 0.25) is 5.91 Å². The first-order valence-corrected chi connectivity index (χ1v) is 7.75. The van der Waals surface area contributed by atoms with Crippen LogP contribution in [0.25, 0.3) is 0 Å². The van der Waals surface area contributed by atoms with Crippen molar-refractivity contribution in [2.45, 2.75) is 32.7 Å². The van der Waals surface area contributed by atoms with Gasteiger partial charge in [-0.15, -0.1) is 0 Å². The van der Waals surface area contributed by atoms with Crippen LogP contribution in [0.2, 0.25) is 0 Å². The number of rotatable bonds is 3. The first-order chi connectivity index (χ1) is 7.70. The van der Waals surface area contributed by atoms with E-state index >= 15 is 0 Å². The molecule has 0 spiro atoms. The zero-order chi connectivity index (χ0) is 13.1. The van der Waals surface area contributed by atoms with Crippen molar-refractivity contribution in [1.29, 1.82) is 0 Å². The molecule has 5 nitrogen and oxygen atoms in total. The molecule has 0 bridgehead atoms. The second kappa shape index (κ2) is 5.35. The quantitative estimate of drug-likeness (QED) is 0.779. The van der Waals surface area contributed by atoms with Gasteiger partial charge in [0.1, 0.15) is 0 Å². The number of carbonyl (C=O) groups is 1.